The van der Waals surface area contributed by atoms with E-state index in [0.29, 0.717) is 10.9 Å². The van der Waals surface area contributed by atoms with Gasteiger partial charge in [-0.15, -0.1) is 0 Å². The lowest BCUT2D eigenvalue weighted by Crippen LogP contribution is -2.37. The van der Waals surface area contributed by atoms with Crippen molar-refractivity contribution in [3.05, 3.63) is 0 Å². The molecule has 0 saturated carbocycles. The summed E-state index contributed by atoms with van der Waals surface area (Å²) in [5.41, 5.74) is 5.56. The van der Waals surface area contributed by atoms with E-state index in [1.165, 1.54) is 6.42 Å². The molecule has 1 atom stereocenters. The SMILES string of the molecule is CCCN(CC(N)=S)CC1CCOC1. The van der Waals surface area contributed by atoms with Crippen LogP contribution in [0.25, 0.3) is 0 Å². The van der Waals surface area contributed by atoms with Gasteiger partial charge in [0, 0.05) is 19.7 Å². The Morgan fingerprint density at radius 3 is 2.93 bits per heavy atom. The minimum absolute atomic E-state index is 0.595. The highest BCUT2D eigenvalue weighted by Crippen LogP contribution is 2.13. The topological polar surface area (TPSA) is 38.5 Å². The van der Waals surface area contributed by atoms with Crippen LogP contribution in [-0.2, 0) is 4.74 Å². The number of nitrogens with zero attached hydrogens (tertiary/aromatic N) is 1. The zero-order valence-corrected chi connectivity index (χ0v) is 9.68. The molecular formula is C10H20N2OS. The number of hydrogen-bond acceptors (Lipinski definition) is 3. The largest absolute Gasteiger partial charge is 0.392 e. The molecule has 0 radical (unpaired) electrons. The van der Waals surface area contributed by atoms with E-state index in [2.05, 4.69) is 11.8 Å². The predicted molar refractivity (Wildman–Crippen MR) is 62.4 cm³/mol. The second-order valence-electron chi connectivity index (χ2n) is 3.93. The van der Waals surface area contributed by atoms with Crippen molar-refractivity contribution in [2.75, 3.05) is 32.8 Å². The lowest BCUT2D eigenvalue weighted by Gasteiger charge is -2.23. The van der Waals surface area contributed by atoms with Gasteiger partial charge in [0.2, 0.25) is 0 Å². The number of nitrogens with two attached hydrogens (primary N) is 1. The highest BCUT2D eigenvalue weighted by atomic mass is 32.1. The second-order valence-corrected chi connectivity index (χ2v) is 4.46. The monoisotopic (exact) mass is 216 g/mol. The summed E-state index contributed by atoms with van der Waals surface area (Å²) in [6.07, 6.45) is 2.33. The summed E-state index contributed by atoms with van der Waals surface area (Å²) < 4.78 is 5.35. The summed E-state index contributed by atoms with van der Waals surface area (Å²) in [6, 6.07) is 0. The fourth-order valence-electron chi connectivity index (χ4n) is 1.86. The third kappa shape index (κ3) is 4.35. The minimum atomic E-state index is 0.595. The van der Waals surface area contributed by atoms with E-state index in [1.54, 1.807) is 0 Å². The van der Waals surface area contributed by atoms with Gasteiger partial charge in [-0.25, -0.2) is 0 Å². The first-order chi connectivity index (χ1) is 6.72. The molecule has 1 unspecified atom stereocenters. The summed E-state index contributed by atoms with van der Waals surface area (Å²) in [4.78, 5) is 2.93. The Morgan fingerprint density at radius 1 is 1.64 bits per heavy atom. The third-order valence-electron chi connectivity index (χ3n) is 2.46. The number of ether oxygens (including phenoxy) is 1. The van der Waals surface area contributed by atoms with Gasteiger partial charge >= 0.3 is 0 Å². The molecule has 1 heterocycles. The summed E-state index contributed by atoms with van der Waals surface area (Å²) in [5, 5.41) is 0. The maximum Gasteiger partial charge on any atom is 0.0870 e. The maximum absolute atomic E-state index is 5.56. The van der Waals surface area contributed by atoms with Crippen molar-refractivity contribution in [1.29, 1.82) is 0 Å². The first-order valence-electron chi connectivity index (χ1n) is 5.30. The van der Waals surface area contributed by atoms with Gasteiger partial charge in [-0.05, 0) is 25.3 Å². The Balaban J connectivity index is 2.29. The molecule has 2 N–H and O–H groups in total. The van der Waals surface area contributed by atoms with E-state index in [1.807, 2.05) is 0 Å². The fourth-order valence-corrected chi connectivity index (χ4v) is 2.05. The molecule has 0 aromatic carbocycles. The van der Waals surface area contributed by atoms with Crippen LogP contribution in [-0.4, -0.2) is 42.7 Å². The average molecular weight is 216 g/mol. The zero-order chi connectivity index (χ0) is 10.4. The molecule has 1 aliphatic heterocycles. The van der Waals surface area contributed by atoms with Crippen LogP contribution in [0.5, 0.6) is 0 Å². The summed E-state index contributed by atoms with van der Waals surface area (Å²) >= 11 is 4.93. The number of thiocarbonyl (C=S) groups is 1. The Morgan fingerprint density at radius 2 is 2.43 bits per heavy atom. The van der Waals surface area contributed by atoms with Gasteiger partial charge in [0.1, 0.15) is 0 Å². The molecule has 1 saturated heterocycles. The molecule has 82 valence electrons. The van der Waals surface area contributed by atoms with Crippen LogP contribution in [0.4, 0.5) is 0 Å². The van der Waals surface area contributed by atoms with E-state index in [-0.39, 0.29) is 0 Å². The van der Waals surface area contributed by atoms with Crippen LogP contribution >= 0.6 is 12.2 Å². The standard InChI is InChI=1S/C10H20N2OS/c1-2-4-12(7-10(11)14)6-9-3-5-13-8-9/h9H,2-8H2,1H3,(H2,11,14). The van der Waals surface area contributed by atoms with Gasteiger partial charge < -0.3 is 10.5 Å². The lowest BCUT2D eigenvalue weighted by molar-refractivity contribution is 0.171. The normalized spacial score (nSPS) is 21.7. The Hall–Kier alpha value is -0.190. The van der Waals surface area contributed by atoms with Crippen molar-refractivity contribution in [1.82, 2.24) is 4.90 Å². The van der Waals surface area contributed by atoms with Crippen molar-refractivity contribution < 1.29 is 4.74 Å². The second kappa shape index (κ2) is 6.32. The first-order valence-corrected chi connectivity index (χ1v) is 5.71. The van der Waals surface area contributed by atoms with Crippen LogP contribution in [0.2, 0.25) is 0 Å². The van der Waals surface area contributed by atoms with Gasteiger partial charge in [-0.3, -0.25) is 4.90 Å². The van der Waals surface area contributed by atoms with E-state index < -0.39 is 0 Å². The van der Waals surface area contributed by atoms with Gasteiger partial charge in [0.25, 0.3) is 0 Å². The molecule has 0 aromatic rings. The molecule has 1 aliphatic rings. The average Bonchev–Trinajstić information content (AvgIpc) is 2.56. The summed E-state index contributed by atoms with van der Waals surface area (Å²) in [6.45, 7) is 6.89. The molecule has 0 spiro atoms. The number of rotatable bonds is 6. The molecule has 0 aliphatic carbocycles. The van der Waals surface area contributed by atoms with Crippen LogP contribution < -0.4 is 5.73 Å². The molecule has 1 fully saturated rings. The molecule has 1 rings (SSSR count). The fraction of sp³-hybridized carbons (Fsp3) is 0.900. The Bertz CT molecular complexity index is 181. The summed E-state index contributed by atoms with van der Waals surface area (Å²) in [5.74, 6) is 0.677. The molecule has 0 aromatic heterocycles. The molecule has 4 heteroatoms. The Labute approximate surface area is 91.6 Å². The molecule has 0 amide bonds. The minimum Gasteiger partial charge on any atom is -0.392 e. The highest BCUT2D eigenvalue weighted by Gasteiger charge is 2.18. The van der Waals surface area contributed by atoms with E-state index in [9.17, 15) is 0 Å². The Kier molecular flexibility index (Phi) is 5.37. The molecule has 14 heavy (non-hydrogen) atoms. The van der Waals surface area contributed by atoms with E-state index in [0.717, 1.165) is 39.3 Å². The summed E-state index contributed by atoms with van der Waals surface area (Å²) in [7, 11) is 0. The van der Waals surface area contributed by atoms with Crippen molar-refractivity contribution in [3.8, 4) is 0 Å². The quantitative estimate of drug-likeness (QED) is 0.673. The van der Waals surface area contributed by atoms with E-state index >= 15 is 0 Å². The van der Waals surface area contributed by atoms with E-state index in [4.69, 9.17) is 22.7 Å². The van der Waals surface area contributed by atoms with Gasteiger partial charge in [-0.2, -0.15) is 0 Å². The number of hydrogen-bond donors (Lipinski definition) is 1. The van der Waals surface area contributed by atoms with Crippen LogP contribution in [0.1, 0.15) is 19.8 Å². The maximum atomic E-state index is 5.56. The predicted octanol–water partition coefficient (Wildman–Crippen LogP) is 1.02. The van der Waals surface area contributed by atoms with Gasteiger partial charge in [0.05, 0.1) is 11.6 Å². The van der Waals surface area contributed by atoms with Crippen LogP contribution in [0.3, 0.4) is 0 Å². The van der Waals surface area contributed by atoms with Gasteiger partial charge in [0.15, 0.2) is 0 Å². The molecular weight excluding hydrogens is 196 g/mol. The van der Waals surface area contributed by atoms with Crippen molar-refractivity contribution in [3.63, 3.8) is 0 Å². The molecule has 0 bridgehead atoms. The van der Waals surface area contributed by atoms with Crippen LogP contribution in [0, 0.1) is 5.92 Å². The lowest BCUT2D eigenvalue weighted by atomic mass is 10.1. The molecule has 3 nitrogen and oxygen atoms in total. The highest BCUT2D eigenvalue weighted by molar-refractivity contribution is 7.80. The van der Waals surface area contributed by atoms with Gasteiger partial charge in [-0.1, -0.05) is 19.1 Å². The zero-order valence-electron chi connectivity index (χ0n) is 8.87. The third-order valence-corrected chi connectivity index (χ3v) is 2.59. The smallest absolute Gasteiger partial charge is 0.0870 e. The first kappa shape index (κ1) is 11.9. The van der Waals surface area contributed by atoms with Crippen molar-refractivity contribution in [2.45, 2.75) is 19.8 Å². The van der Waals surface area contributed by atoms with Crippen molar-refractivity contribution in [2.24, 2.45) is 11.7 Å². The van der Waals surface area contributed by atoms with Crippen molar-refractivity contribution >= 4 is 17.2 Å². The van der Waals surface area contributed by atoms with Crippen LogP contribution in [0.15, 0.2) is 0 Å².